The van der Waals surface area contributed by atoms with Gasteiger partial charge >= 0.3 is 5.97 Å². The Hall–Kier alpha value is -3.42. The lowest BCUT2D eigenvalue weighted by Crippen LogP contribution is -2.49. The summed E-state index contributed by atoms with van der Waals surface area (Å²) in [4.78, 5) is 20.3. The molecule has 138 valence electrons. The van der Waals surface area contributed by atoms with Gasteiger partial charge in [-0.05, 0) is 17.5 Å². The number of cyclic esters (lactones) is 1. The Morgan fingerprint density at radius 2 is 1.85 bits per heavy atom. The number of carbonyl (C=O) groups is 1. The molecule has 0 atom stereocenters. The minimum Gasteiger partial charge on any atom is -0.402 e. The number of esters is 1. The highest BCUT2D eigenvalue weighted by Gasteiger charge is 2.27. The maximum atomic E-state index is 14.0. The van der Waals surface area contributed by atoms with E-state index in [4.69, 9.17) is 15.9 Å². The Labute approximate surface area is 155 Å². The van der Waals surface area contributed by atoms with E-state index < -0.39 is 5.97 Å². The second-order valence-electron chi connectivity index (χ2n) is 6.37. The summed E-state index contributed by atoms with van der Waals surface area (Å²) >= 11 is 0. The molecule has 2 aliphatic heterocycles. The number of carbonyl (C=O) groups excluding carboxylic acids is 1. The van der Waals surface area contributed by atoms with Crippen LogP contribution in [0.2, 0.25) is 0 Å². The van der Waals surface area contributed by atoms with E-state index in [0.717, 1.165) is 0 Å². The van der Waals surface area contributed by atoms with E-state index in [1.807, 2.05) is 4.90 Å². The third-order valence-electron chi connectivity index (χ3n) is 4.68. The van der Waals surface area contributed by atoms with Gasteiger partial charge in [-0.2, -0.15) is 0 Å². The standard InChI is InChI=1S/C19H18FN5O2/c20-15-6-5-14(12-3-1-2-4-13(12)15)17-23-16(18(26)27-17)11-24-7-9-25(10-8-24)19(21)22/h1-6,11H,7-10H2,(H3,21,22)/b16-11+. The molecule has 0 aliphatic carbocycles. The van der Waals surface area contributed by atoms with E-state index >= 15 is 0 Å². The molecule has 0 spiro atoms. The fraction of sp³-hybridized carbons (Fsp3) is 0.211. The summed E-state index contributed by atoms with van der Waals surface area (Å²) in [5, 5.41) is 8.55. The van der Waals surface area contributed by atoms with Gasteiger partial charge in [0.1, 0.15) is 5.82 Å². The number of halogens is 1. The Morgan fingerprint density at radius 3 is 2.56 bits per heavy atom. The van der Waals surface area contributed by atoms with Crippen LogP contribution in [0.15, 0.2) is 53.3 Å². The quantitative estimate of drug-likeness (QED) is 0.364. The van der Waals surface area contributed by atoms with Crippen LogP contribution >= 0.6 is 0 Å². The summed E-state index contributed by atoms with van der Waals surface area (Å²) in [5.74, 6) is -0.651. The molecular formula is C19H18FN5O2. The van der Waals surface area contributed by atoms with Crippen LogP contribution in [0.3, 0.4) is 0 Å². The molecule has 0 saturated carbocycles. The van der Waals surface area contributed by atoms with Gasteiger partial charge < -0.3 is 20.3 Å². The molecule has 1 saturated heterocycles. The number of aliphatic imine (C=N–C) groups is 1. The van der Waals surface area contributed by atoms with E-state index in [1.54, 1.807) is 41.4 Å². The number of guanidine groups is 1. The molecule has 3 N–H and O–H groups in total. The van der Waals surface area contributed by atoms with E-state index in [0.29, 0.717) is 42.5 Å². The Kier molecular flexibility index (Phi) is 4.23. The smallest absolute Gasteiger partial charge is 0.365 e. The van der Waals surface area contributed by atoms with Crippen molar-refractivity contribution in [2.45, 2.75) is 0 Å². The summed E-state index contributed by atoms with van der Waals surface area (Å²) in [6.45, 7) is 2.46. The highest BCUT2D eigenvalue weighted by Crippen LogP contribution is 2.26. The molecule has 1 fully saturated rings. The minimum absolute atomic E-state index is 0.0473. The van der Waals surface area contributed by atoms with Crippen molar-refractivity contribution in [1.29, 1.82) is 5.41 Å². The molecule has 0 aromatic heterocycles. The number of piperazine rings is 1. The highest BCUT2D eigenvalue weighted by molar-refractivity contribution is 6.16. The van der Waals surface area contributed by atoms with Crippen LogP contribution in [0.4, 0.5) is 4.39 Å². The molecule has 0 unspecified atom stereocenters. The van der Waals surface area contributed by atoms with Crippen LogP contribution in [-0.4, -0.2) is 53.8 Å². The average Bonchev–Trinajstić information content (AvgIpc) is 3.03. The number of benzene rings is 2. The molecule has 2 heterocycles. The Balaban J connectivity index is 1.61. The topological polar surface area (TPSA) is 95.0 Å². The lowest BCUT2D eigenvalue weighted by molar-refractivity contribution is -0.130. The molecule has 2 aliphatic rings. The fourth-order valence-electron chi connectivity index (χ4n) is 3.23. The van der Waals surface area contributed by atoms with Gasteiger partial charge in [-0.1, -0.05) is 24.3 Å². The van der Waals surface area contributed by atoms with Gasteiger partial charge in [-0.25, -0.2) is 14.2 Å². The van der Waals surface area contributed by atoms with Crippen LogP contribution in [0.25, 0.3) is 10.8 Å². The van der Waals surface area contributed by atoms with Crippen molar-refractivity contribution >= 4 is 28.6 Å². The predicted octanol–water partition coefficient (Wildman–Crippen LogP) is 1.63. The van der Waals surface area contributed by atoms with Crippen molar-refractivity contribution < 1.29 is 13.9 Å². The molecule has 7 nitrogen and oxygen atoms in total. The number of nitrogens with two attached hydrogens (primary N) is 1. The molecule has 2 aromatic rings. The summed E-state index contributed by atoms with van der Waals surface area (Å²) in [7, 11) is 0. The number of ether oxygens (including phenoxy) is 1. The first-order valence-electron chi connectivity index (χ1n) is 8.56. The van der Waals surface area contributed by atoms with Gasteiger partial charge in [0, 0.05) is 43.3 Å². The third-order valence-corrected chi connectivity index (χ3v) is 4.68. The molecule has 8 heteroatoms. The van der Waals surface area contributed by atoms with Gasteiger partial charge in [0.2, 0.25) is 5.90 Å². The van der Waals surface area contributed by atoms with Crippen molar-refractivity contribution in [2.75, 3.05) is 26.2 Å². The minimum atomic E-state index is -0.535. The van der Waals surface area contributed by atoms with Gasteiger partial charge in [-0.3, -0.25) is 5.41 Å². The fourth-order valence-corrected chi connectivity index (χ4v) is 3.23. The summed E-state index contributed by atoms with van der Waals surface area (Å²) in [6.07, 6.45) is 1.67. The third kappa shape index (κ3) is 3.21. The van der Waals surface area contributed by atoms with E-state index in [-0.39, 0.29) is 23.4 Å². The molecule has 0 bridgehead atoms. The molecular weight excluding hydrogens is 349 g/mol. The molecule has 2 aromatic carbocycles. The van der Waals surface area contributed by atoms with Crippen molar-refractivity contribution in [3.05, 3.63) is 59.7 Å². The van der Waals surface area contributed by atoms with Crippen molar-refractivity contribution in [1.82, 2.24) is 9.80 Å². The number of hydrogen-bond donors (Lipinski definition) is 2. The lowest BCUT2D eigenvalue weighted by atomic mass is 10.0. The first kappa shape index (κ1) is 17.0. The van der Waals surface area contributed by atoms with Crippen LogP contribution in [-0.2, 0) is 9.53 Å². The van der Waals surface area contributed by atoms with Crippen molar-refractivity contribution in [2.24, 2.45) is 10.7 Å². The van der Waals surface area contributed by atoms with E-state index in [9.17, 15) is 9.18 Å². The van der Waals surface area contributed by atoms with Crippen molar-refractivity contribution in [3.63, 3.8) is 0 Å². The maximum Gasteiger partial charge on any atom is 0.365 e. The second kappa shape index (κ2) is 6.71. The van der Waals surface area contributed by atoms with Gasteiger partial charge in [0.15, 0.2) is 11.7 Å². The predicted molar refractivity (Wildman–Crippen MR) is 99.7 cm³/mol. The number of fused-ring (bicyclic) bond motifs is 1. The molecule has 27 heavy (non-hydrogen) atoms. The normalized spacial score (nSPS) is 18.8. The largest absolute Gasteiger partial charge is 0.402 e. The Bertz CT molecular complexity index is 993. The first-order chi connectivity index (χ1) is 13.0. The van der Waals surface area contributed by atoms with Crippen LogP contribution in [0.1, 0.15) is 5.56 Å². The monoisotopic (exact) mass is 367 g/mol. The zero-order valence-corrected chi connectivity index (χ0v) is 14.5. The van der Waals surface area contributed by atoms with Gasteiger partial charge in [0.05, 0.1) is 0 Å². The number of hydrogen-bond acceptors (Lipinski definition) is 5. The summed E-state index contributed by atoms with van der Waals surface area (Å²) in [5.41, 5.74) is 6.27. The van der Waals surface area contributed by atoms with Crippen molar-refractivity contribution in [3.8, 4) is 0 Å². The lowest BCUT2D eigenvalue weighted by Gasteiger charge is -2.34. The average molecular weight is 367 g/mol. The number of rotatable bonds is 2. The molecule has 0 amide bonds. The first-order valence-corrected chi connectivity index (χ1v) is 8.56. The van der Waals surface area contributed by atoms with E-state index in [2.05, 4.69) is 4.99 Å². The van der Waals surface area contributed by atoms with Gasteiger partial charge in [0.25, 0.3) is 0 Å². The SMILES string of the molecule is N=C(N)N1CCN(/C=C2/N=C(c3ccc(F)c4ccccc34)OC2=O)CC1. The Morgan fingerprint density at radius 1 is 1.15 bits per heavy atom. The molecule has 4 rings (SSSR count). The van der Waals surface area contributed by atoms with Crippen LogP contribution < -0.4 is 5.73 Å². The maximum absolute atomic E-state index is 14.0. The zero-order chi connectivity index (χ0) is 19.0. The van der Waals surface area contributed by atoms with Gasteiger partial charge in [-0.15, -0.1) is 0 Å². The highest BCUT2D eigenvalue weighted by atomic mass is 19.1. The number of nitrogens with zero attached hydrogens (tertiary/aromatic N) is 3. The summed E-state index contributed by atoms with van der Waals surface area (Å²) < 4.78 is 19.3. The molecule has 0 radical (unpaired) electrons. The second-order valence-corrected chi connectivity index (χ2v) is 6.37. The number of nitrogens with one attached hydrogen (secondary N) is 1. The summed E-state index contributed by atoms with van der Waals surface area (Å²) in [6, 6.07) is 9.91. The zero-order valence-electron chi connectivity index (χ0n) is 14.5. The van der Waals surface area contributed by atoms with Crippen LogP contribution in [0.5, 0.6) is 0 Å². The van der Waals surface area contributed by atoms with E-state index in [1.165, 1.54) is 6.07 Å². The van der Waals surface area contributed by atoms with Crippen LogP contribution in [0, 0.1) is 11.2 Å².